The Balaban J connectivity index is 1.40. The van der Waals surface area contributed by atoms with Gasteiger partial charge in [0.15, 0.2) is 0 Å². The van der Waals surface area contributed by atoms with Crippen LogP contribution >= 0.6 is 0 Å². The van der Waals surface area contributed by atoms with Gasteiger partial charge >= 0.3 is 5.97 Å². The van der Waals surface area contributed by atoms with Gasteiger partial charge in [0, 0.05) is 41.9 Å². The number of nitrogens with zero attached hydrogens (tertiary/aromatic N) is 1. The molecule has 2 aromatic heterocycles. The number of carbonyl (C=O) groups is 2. The Labute approximate surface area is 214 Å². The lowest BCUT2D eigenvalue weighted by molar-refractivity contribution is -0.139. The van der Waals surface area contributed by atoms with Crippen LogP contribution in [0.15, 0.2) is 71.5 Å². The second-order valence-corrected chi connectivity index (χ2v) is 9.07. The van der Waals surface area contributed by atoms with Crippen LogP contribution in [0.5, 0.6) is 0 Å². The lowest BCUT2D eigenvalue weighted by Crippen LogP contribution is -2.42. The van der Waals surface area contributed by atoms with Gasteiger partial charge in [0.25, 0.3) is 5.91 Å². The summed E-state index contributed by atoms with van der Waals surface area (Å²) in [6.07, 6.45) is 3.14. The van der Waals surface area contributed by atoms with E-state index in [2.05, 4.69) is 15.6 Å². The van der Waals surface area contributed by atoms with E-state index in [-0.39, 0.29) is 12.2 Å². The van der Waals surface area contributed by atoms with Gasteiger partial charge in [-0.25, -0.2) is 14.2 Å². The maximum absolute atomic E-state index is 13.3. The second kappa shape index (κ2) is 11.1. The van der Waals surface area contributed by atoms with Gasteiger partial charge < -0.3 is 20.2 Å². The van der Waals surface area contributed by atoms with E-state index < -0.39 is 17.9 Å². The number of carboxylic acid groups (broad SMARTS) is 1. The lowest BCUT2D eigenvalue weighted by atomic mass is 9.98. The molecule has 0 aliphatic carbocycles. The monoisotopic (exact) mass is 501 g/mol. The van der Waals surface area contributed by atoms with Crippen molar-refractivity contribution in [2.75, 3.05) is 5.32 Å². The van der Waals surface area contributed by atoms with Crippen LogP contribution in [0.4, 0.5) is 10.2 Å². The highest BCUT2D eigenvalue weighted by Crippen LogP contribution is 2.24. The maximum atomic E-state index is 13.3. The molecule has 0 fully saturated rings. The minimum Gasteiger partial charge on any atom is -0.480 e. The van der Waals surface area contributed by atoms with E-state index in [1.54, 1.807) is 6.26 Å². The van der Waals surface area contributed by atoms with Gasteiger partial charge in [-0.1, -0.05) is 42.0 Å². The maximum Gasteiger partial charge on any atom is 0.326 e. The number of aromatic nitrogens is 1. The molecule has 3 N–H and O–H groups in total. The van der Waals surface area contributed by atoms with Gasteiger partial charge in [-0.05, 0) is 49.6 Å². The van der Waals surface area contributed by atoms with Crippen LogP contribution in [0.2, 0.25) is 0 Å². The number of hydrogen-bond acceptors (Lipinski definition) is 5. The van der Waals surface area contributed by atoms with E-state index in [0.717, 1.165) is 33.4 Å². The zero-order valence-electron chi connectivity index (χ0n) is 20.8. The van der Waals surface area contributed by atoms with Gasteiger partial charge in [-0.15, -0.1) is 0 Å². The van der Waals surface area contributed by atoms with Crippen LogP contribution in [0.1, 0.15) is 38.2 Å². The molecule has 1 atom stereocenters. The Morgan fingerprint density at radius 1 is 1.00 bits per heavy atom. The lowest BCUT2D eigenvalue weighted by Gasteiger charge is -2.17. The fourth-order valence-corrected chi connectivity index (χ4v) is 4.32. The molecule has 37 heavy (non-hydrogen) atoms. The smallest absolute Gasteiger partial charge is 0.326 e. The van der Waals surface area contributed by atoms with Crippen molar-refractivity contribution in [2.45, 2.75) is 39.8 Å². The van der Waals surface area contributed by atoms with Crippen LogP contribution in [-0.4, -0.2) is 28.0 Å². The molecule has 0 radical (unpaired) electrons. The first kappa shape index (κ1) is 25.6. The van der Waals surface area contributed by atoms with Crippen molar-refractivity contribution in [3.05, 3.63) is 106 Å². The molecule has 0 unspecified atom stereocenters. The zero-order chi connectivity index (χ0) is 26.5. The number of pyridine rings is 1. The van der Waals surface area contributed by atoms with Gasteiger partial charge in [0.05, 0.1) is 6.26 Å². The van der Waals surface area contributed by atoms with E-state index >= 15 is 0 Å². The van der Waals surface area contributed by atoms with Gasteiger partial charge in [-0.2, -0.15) is 0 Å². The van der Waals surface area contributed by atoms with Crippen molar-refractivity contribution >= 4 is 17.7 Å². The number of carboxylic acids is 1. The van der Waals surface area contributed by atoms with E-state index in [0.29, 0.717) is 23.7 Å². The van der Waals surface area contributed by atoms with Crippen LogP contribution < -0.4 is 10.6 Å². The number of nitrogens with one attached hydrogen (secondary N) is 2. The van der Waals surface area contributed by atoms with Gasteiger partial charge in [0.2, 0.25) is 0 Å². The van der Waals surface area contributed by atoms with Crippen molar-refractivity contribution in [1.82, 2.24) is 10.3 Å². The molecule has 7 nitrogen and oxygen atoms in total. The van der Waals surface area contributed by atoms with Crippen LogP contribution in [0.25, 0.3) is 11.3 Å². The van der Waals surface area contributed by atoms with Crippen LogP contribution in [0.3, 0.4) is 0 Å². The van der Waals surface area contributed by atoms with Crippen molar-refractivity contribution < 1.29 is 23.5 Å². The Morgan fingerprint density at radius 3 is 2.35 bits per heavy atom. The van der Waals surface area contributed by atoms with E-state index in [1.807, 2.05) is 63.2 Å². The van der Waals surface area contributed by atoms with Crippen LogP contribution in [0, 0.1) is 26.6 Å². The summed E-state index contributed by atoms with van der Waals surface area (Å²) in [4.78, 5) is 28.9. The summed E-state index contributed by atoms with van der Waals surface area (Å²) in [6, 6.07) is 14.5. The number of carbonyl (C=O) groups excluding carboxylic acids is 1. The Hall–Kier alpha value is -4.46. The molecule has 2 heterocycles. The summed E-state index contributed by atoms with van der Waals surface area (Å²) in [5.74, 6) is -0.792. The average Bonchev–Trinajstić information content (AvgIpc) is 3.31. The summed E-state index contributed by atoms with van der Waals surface area (Å²) in [7, 11) is 0. The average molecular weight is 502 g/mol. The topological polar surface area (TPSA) is 104 Å². The minimum absolute atomic E-state index is 0.138. The van der Waals surface area contributed by atoms with Crippen molar-refractivity contribution in [2.24, 2.45) is 0 Å². The molecule has 0 aliphatic heterocycles. The second-order valence-electron chi connectivity index (χ2n) is 9.07. The Bertz CT molecular complexity index is 1410. The zero-order valence-corrected chi connectivity index (χ0v) is 20.8. The molecular weight excluding hydrogens is 473 g/mol. The largest absolute Gasteiger partial charge is 0.480 e. The predicted molar refractivity (Wildman–Crippen MR) is 139 cm³/mol. The standard InChI is InChI=1S/C29H28FN3O4/c1-17-10-18(2)27(19(3)11-17)28(34)33-24(29(35)36)12-20-4-6-22(7-5-20)25-13-21(16-37-25)15-32-26-14-23(30)8-9-31-26/h4-11,13-14,16,24H,12,15H2,1-3H3,(H,31,32)(H,33,34)(H,35,36)/t24-/m0/s1. The molecule has 0 aliphatic rings. The highest BCUT2D eigenvalue weighted by Gasteiger charge is 2.23. The van der Waals surface area contributed by atoms with Crippen molar-refractivity contribution in [3.8, 4) is 11.3 Å². The summed E-state index contributed by atoms with van der Waals surface area (Å²) < 4.78 is 19.0. The quantitative estimate of drug-likeness (QED) is 0.282. The van der Waals surface area contributed by atoms with E-state index in [1.165, 1.54) is 18.3 Å². The predicted octanol–water partition coefficient (Wildman–Crippen LogP) is 5.44. The van der Waals surface area contributed by atoms with Gasteiger partial charge in [-0.3, -0.25) is 4.79 Å². The Morgan fingerprint density at radius 2 is 1.70 bits per heavy atom. The SMILES string of the molecule is Cc1cc(C)c(C(=O)N[C@@H](Cc2ccc(-c3cc(CNc4cc(F)ccn4)co3)cc2)C(=O)O)c(C)c1. The molecule has 8 heteroatoms. The molecule has 190 valence electrons. The summed E-state index contributed by atoms with van der Waals surface area (Å²) in [5, 5.41) is 15.4. The van der Waals surface area contributed by atoms with Crippen LogP contribution in [-0.2, 0) is 17.8 Å². The number of hydrogen-bond donors (Lipinski definition) is 3. The molecule has 2 aromatic carbocycles. The number of rotatable bonds is 9. The molecule has 1 amide bonds. The van der Waals surface area contributed by atoms with Crippen molar-refractivity contribution in [1.29, 1.82) is 0 Å². The summed E-state index contributed by atoms with van der Waals surface area (Å²) in [5.41, 5.74) is 5.61. The van der Waals surface area contributed by atoms with Gasteiger partial charge in [0.1, 0.15) is 23.4 Å². The first-order valence-electron chi connectivity index (χ1n) is 11.8. The minimum atomic E-state index is -1.10. The number of benzene rings is 2. The third kappa shape index (κ3) is 6.41. The van der Waals surface area contributed by atoms with E-state index in [9.17, 15) is 19.1 Å². The normalized spacial score (nSPS) is 11.7. The molecule has 4 rings (SSSR count). The number of aryl methyl sites for hydroxylation is 3. The third-order valence-corrected chi connectivity index (χ3v) is 6.04. The number of anilines is 1. The highest BCUT2D eigenvalue weighted by atomic mass is 19.1. The highest BCUT2D eigenvalue weighted by molar-refractivity contribution is 5.99. The fraction of sp³-hybridized carbons (Fsp3) is 0.207. The Kier molecular flexibility index (Phi) is 7.67. The number of aliphatic carboxylic acids is 1. The number of halogens is 1. The molecule has 4 aromatic rings. The fourth-order valence-electron chi connectivity index (χ4n) is 4.32. The first-order chi connectivity index (χ1) is 17.7. The van der Waals surface area contributed by atoms with Crippen molar-refractivity contribution in [3.63, 3.8) is 0 Å². The number of amides is 1. The molecule has 0 bridgehead atoms. The van der Waals surface area contributed by atoms with E-state index in [4.69, 9.17) is 4.42 Å². The summed E-state index contributed by atoms with van der Waals surface area (Å²) >= 11 is 0. The first-order valence-corrected chi connectivity index (χ1v) is 11.8. The molecule has 0 spiro atoms. The summed E-state index contributed by atoms with van der Waals surface area (Å²) in [6.45, 7) is 6.06. The molecular formula is C29H28FN3O4. The molecule has 0 saturated carbocycles. The molecule has 0 saturated heterocycles. The number of furan rings is 1. The third-order valence-electron chi connectivity index (χ3n) is 6.04.